The topological polar surface area (TPSA) is 184 Å². The van der Waals surface area contributed by atoms with Gasteiger partial charge in [0.15, 0.2) is 11.3 Å². The normalized spacial score (nSPS) is 18.0. The standard InChI is InChI=1S/C32H37N7O5/c1-31(2,33)29(42)37-23(16-20-17-34-22-13-8-7-12-21(20)22)28(41)39-24-18-35-27(38-24)25(19-10-5-4-6-11-19)26(40)32(30(43)44-3)14-9-15-36-32/h4-8,10-13,17-18,23,25,34,36H,9,14-16,33H2,1-3H3,(H,35,38)(H,37,42)(H,39,41)/t23-,25?,32?/m1/s1. The van der Waals surface area contributed by atoms with Gasteiger partial charge in [-0.15, -0.1) is 0 Å². The molecule has 1 aliphatic heterocycles. The van der Waals surface area contributed by atoms with Gasteiger partial charge in [0.1, 0.15) is 23.6 Å². The van der Waals surface area contributed by atoms with Crippen molar-refractivity contribution < 1.29 is 23.9 Å². The van der Waals surface area contributed by atoms with Gasteiger partial charge >= 0.3 is 5.97 Å². The number of ether oxygens (including phenoxy) is 1. The number of aromatic nitrogens is 3. The summed E-state index contributed by atoms with van der Waals surface area (Å²) in [6.45, 7) is 3.61. The molecule has 4 aromatic rings. The van der Waals surface area contributed by atoms with Crippen LogP contribution in [0, 0.1) is 0 Å². The first-order valence-electron chi connectivity index (χ1n) is 14.5. The Morgan fingerprint density at radius 2 is 1.82 bits per heavy atom. The van der Waals surface area contributed by atoms with Crippen molar-refractivity contribution in [1.29, 1.82) is 0 Å². The molecule has 5 rings (SSSR count). The number of carbonyl (C=O) groups is 4. The van der Waals surface area contributed by atoms with Crippen LogP contribution in [0.2, 0.25) is 0 Å². The maximum absolute atomic E-state index is 14.1. The first-order chi connectivity index (χ1) is 21.0. The van der Waals surface area contributed by atoms with Crippen LogP contribution in [0.4, 0.5) is 5.82 Å². The van der Waals surface area contributed by atoms with Gasteiger partial charge in [-0.05, 0) is 50.4 Å². The van der Waals surface area contributed by atoms with Crippen molar-refractivity contribution in [2.45, 2.75) is 56.1 Å². The third-order valence-corrected chi connectivity index (χ3v) is 7.94. The van der Waals surface area contributed by atoms with E-state index in [2.05, 4.69) is 30.9 Å². The molecule has 1 aliphatic rings. The van der Waals surface area contributed by atoms with Gasteiger partial charge < -0.3 is 31.1 Å². The summed E-state index contributed by atoms with van der Waals surface area (Å²) in [5.74, 6) is -2.55. The number of nitrogens with zero attached hydrogens (tertiary/aromatic N) is 1. The number of nitrogens with two attached hydrogens (primary N) is 1. The fourth-order valence-corrected chi connectivity index (χ4v) is 5.57. The smallest absolute Gasteiger partial charge is 0.333 e. The van der Waals surface area contributed by atoms with Crippen LogP contribution >= 0.6 is 0 Å². The number of ketones is 1. The SMILES string of the molecule is COC(=O)C1(C(=O)C(c2ccccc2)c2ncc(NC(=O)[C@@H](Cc3c[nH]c4ccccc34)NC(=O)C(C)(C)N)[nH]2)CCCN1. The minimum Gasteiger partial charge on any atom is -0.467 e. The van der Waals surface area contributed by atoms with Gasteiger partial charge in [-0.25, -0.2) is 9.78 Å². The fourth-order valence-electron chi connectivity index (χ4n) is 5.57. The number of para-hydroxylation sites is 1. The molecule has 0 bridgehead atoms. The number of amides is 2. The molecule has 2 aromatic carbocycles. The maximum atomic E-state index is 14.1. The molecule has 2 amide bonds. The quantitative estimate of drug-likeness (QED) is 0.112. The average Bonchev–Trinajstić information content (AvgIpc) is 3.78. The van der Waals surface area contributed by atoms with Crippen LogP contribution in [0.25, 0.3) is 10.9 Å². The van der Waals surface area contributed by atoms with Gasteiger partial charge in [0, 0.05) is 23.5 Å². The van der Waals surface area contributed by atoms with E-state index in [1.54, 1.807) is 38.1 Å². The van der Waals surface area contributed by atoms with E-state index in [-0.39, 0.29) is 18.1 Å². The second-order valence-electron chi connectivity index (χ2n) is 11.6. The van der Waals surface area contributed by atoms with Crippen LogP contribution in [0.3, 0.4) is 0 Å². The number of carbonyl (C=O) groups excluding carboxylic acids is 4. The van der Waals surface area contributed by atoms with Crippen molar-refractivity contribution in [3.8, 4) is 0 Å². The predicted octanol–water partition coefficient (Wildman–Crippen LogP) is 2.29. The molecule has 12 nitrogen and oxygen atoms in total. The molecule has 0 spiro atoms. The summed E-state index contributed by atoms with van der Waals surface area (Å²) in [5.41, 5.74) is 5.66. The van der Waals surface area contributed by atoms with Crippen molar-refractivity contribution in [2.75, 3.05) is 19.0 Å². The summed E-state index contributed by atoms with van der Waals surface area (Å²) in [6, 6.07) is 15.7. The Labute approximate surface area is 254 Å². The summed E-state index contributed by atoms with van der Waals surface area (Å²) < 4.78 is 5.03. The highest BCUT2D eigenvalue weighted by Crippen LogP contribution is 2.33. The number of hydrogen-bond donors (Lipinski definition) is 6. The van der Waals surface area contributed by atoms with Crippen LogP contribution in [0.1, 0.15) is 49.6 Å². The Morgan fingerprint density at radius 3 is 2.50 bits per heavy atom. The monoisotopic (exact) mass is 599 g/mol. The molecule has 0 aliphatic carbocycles. The highest BCUT2D eigenvalue weighted by Gasteiger charge is 2.52. The Kier molecular flexibility index (Phi) is 8.66. The largest absolute Gasteiger partial charge is 0.467 e. The second-order valence-corrected chi connectivity index (χ2v) is 11.6. The minimum atomic E-state index is -1.52. The van der Waals surface area contributed by atoms with Gasteiger partial charge in [0.05, 0.1) is 18.8 Å². The Bertz CT molecular complexity index is 1660. The highest BCUT2D eigenvalue weighted by molar-refractivity contribution is 6.12. The van der Waals surface area contributed by atoms with E-state index in [4.69, 9.17) is 10.5 Å². The van der Waals surface area contributed by atoms with Gasteiger partial charge in [-0.3, -0.25) is 19.7 Å². The van der Waals surface area contributed by atoms with Crippen molar-refractivity contribution in [1.82, 2.24) is 25.6 Å². The van der Waals surface area contributed by atoms with Gasteiger partial charge in [0.25, 0.3) is 0 Å². The number of anilines is 1. The Morgan fingerprint density at radius 1 is 1.09 bits per heavy atom. The van der Waals surface area contributed by atoms with E-state index < -0.39 is 46.6 Å². The number of benzene rings is 2. The van der Waals surface area contributed by atoms with E-state index in [1.165, 1.54) is 13.3 Å². The van der Waals surface area contributed by atoms with Crippen LogP contribution < -0.4 is 21.7 Å². The predicted molar refractivity (Wildman–Crippen MR) is 165 cm³/mol. The Balaban J connectivity index is 1.43. The van der Waals surface area contributed by atoms with E-state index in [0.29, 0.717) is 24.9 Å². The van der Waals surface area contributed by atoms with Crippen molar-refractivity contribution in [3.05, 3.63) is 83.9 Å². The number of esters is 1. The van der Waals surface area contributed by atoms with Crippen LogP contribution in [0.5, 0.6) is 0 Å². The lowest BCUT2D eigenvalue weighted by Crippen LogP contribution is -2.56. The van der Waals surface area contributed by atoms with Crippen LogP contribution in [0.15, 0.2) is 67.0 Å². The number of Topliss-reactive ketones (excluding diaryl/α,β-unsaturated/α-hetero) is 1. The molecule has 1 fully saturated rings. The molecular formula is C32H37N7O5. The number of hydrogen-bond acceptors (Lipinski definition) is 8. The van der Waals surface area contributed by atoms with E-state index in [9.17, 15) is 19.2 Å². The number of H-pyrrole nitrogens is 2. The third-order valence-electron chi connectivity index (χ3n) is 7.94. The number of rotatable bonds is 11. The molecule has 2 unspecified atom stereocenters. The lowest BCUT2D eigenvalue weighted by Gasteiger charge is -2.28. The van der Waals surface area contributed by atoms with Crippen molar-refractivity contribution in [3.63, 3.8) is 0 Å². The average molecular weight is 600 g/mol. The van der Waals surface area contributed by atoms with Gasteiger partial charge in [0.2, 0.25) is 11.8 Å². The lowest BCUT2D eigenvalue weighted by molar-refractivity contribution is -0.152. The first-order valence-corrected chi connectivity index (χ1v) is 14.5. The summed E-state index contributed by atoms with van der Waals surface area (Å²) >= 11 is 0. The molecule has 1 saturated heterocycles. The van der Waals surface area contributed by atoms with E-state index >= 15 is 0 Å². The molecule has 44 heavy (non-hydrogen) atoms. The molecule has 3 atom stereocenters. The molecule has 2 aromatic heterocycles. The first kappa shape index (κ1) is 30.6. The summed E-state index contributed by atoms with van der Waals surface area (Å²) in [7, 11) is 1.26. The molecule has 3 heterocycles. The zero-order valence-corrected chi connectivity index (χ0v) is 24.9. The number of methoxy groups -OCH3 is 1. The zero-order chi connectivity index (χ0) is 31.5. The molecule has 230 valence electrons. The lowest BCUT2D eigenvalue weighted by atomic mass is 9.80. The third kappa shape index (κ3) is 6.12. The van der Waals surface area contributed by atoms with Crippen LogP contribution in [-0.4, -0.2) is 69.3 Å². The molecule has 0 radical (unpaired) electrons. The zero-order valence-electron chi connectivity index (χ0n) is 24.9. The fraction of sp³-hybridized carbons (Fsp3) is 0.344. The highest BCUT2D eigenvalue weighted by atomic mass is 16.5. The van der Waals surface area contributed by atoms with Crippen LogP contribution in [-0.2, 0) is 30.3 Å². The number of fused-ring (bicyclic) bond motifs is 1. The molecule has 7 N–H and O–H groups in total. The Hall–Kier alpha value is -4.81. The van der Waals surface area contributed by atoms with Gasteiger partial charge in [-0.1, -0.05) is 48.5 Å². The number of nitrogens with one attached hydrogen (secondary N) is 5. The van der Waals surface area contributed by atoms with Crippen molar-refractivity contribution in [2.24, 2.45) is 5.73 Å². The number of aromatic amines is 2. The van der Waals surface area contributed by atoms with E-state index in [1.807, 2.05) is 36.5 Å². The summed E-state index contributed by atoms with van der Waals surface area (Å²) in [4.78, 5) is 64.2. The summed E-state index contributed by atoms with van der Waals surface area (Å²) in [6.07, 6.45) is 4.32. The van der Waals surface area contributed by atoms with E-state index in [0.717, 1.165) is 16.5 Å². The molecular weight excluding hydrogens is 562 g/mol. The molecule has 0 saturated carbocycles. The van der Waals surface area contributed by atoms with Gasteiger partial charge in [-0.2, -0.15) is 0 Å². The number of imidazole rings is 1. The minimum absolute atomic E-state index is 0.192. The van der Waals surface area contributed by atoms with Crippen molar-refractivity contribution >= 4 is 40.3 Å². The molecule has 12 heteroatoms. The maximum Gasteiger partial charge on any atom is 0.333 e. The second kappa shape index (κ2) is 12.4. The summed E-state index contributed by atoms with van der Waals surface area (Å²) in [5, 5.41) is 9.57.